The molecule has 7 nitrogen and oxygen atoms in total. The number of rotatable bonds is 3. The monoisotopic (exact) mass is 379 g/mol. The molecule has 2 amide bonds. The summed E-state index contributed by atoms with van der Waals surface area (Å²) in [6.07, 6.45) is -0.580. The first-order chi connectivity index (χ1) is 13.2. The lowest BCUT2D eigenvalue weighted by molar-refractivity contribution is -0.121. The summed E-state index contributed by atoms with van der Waals surface area (Å²) in [6.45, 7) is 5.57. The number of nitrogens with one attached hydrogen (secondary N) is 1. The number of hydrogen-bond donors (Lipinski definition) is 1. The zero-order valence-corrected chi connectivity index (χ0v) is 16.0. The number of carbonyl (C=O) groups excluding carboxylic acids is 2. The van der Waals surface area contributed by atoms with Crippen molar-refractivity contribution < 1.29 is 19.1 Å². The van der Waals surface area contributed by atoms with Crippen molar-refractivity contribution in [3.05, 3.63) is 53.6 Å². The number of hydrogen-bond acceptors (Lipinski definition) is 5. The van der Waals surface area contributed by atoms with Crippen LogP contribution in [0.4, 0.5) is 16.2 Å². The minimum Gasteiger partial charge on any atom is -0.482 e. The van der Waals surface area contributed by atoms with Crippen molar-refractivity contribution >= 4 is 23.4 Å². The molecule has 144 valence electrons. The number of anilines is 2. The lowest BCUT2D eigenvalue weighted by Gasteiger charge is -2.30. The van der Waals surface area contributed by atoms with Crippen LogP contribution < -0.4 is 15.0 Å². The fourth-order valence-corrected chi connectivity index (χ4v) is 2.80. The molecular formula is C21H21N3O4. The number of amides is 2. The van der Waals surface area contributed by atoms with Crippen molar-refractivity contribution in [2.75, 3.05) is 16.8 Å². The van der Waals surface area contributed by atoms with E-state index in [0.717, 1.165) is 5.56 Å². The van der Waals surface area contributed by atoms with Gasteiger partial charge < -0.3 is 14.4 Å². The molecule has 0 spiro atoms. The highest BCUT2D eigenvalue weighted by molar-refractivity contribution is 5.99. The summed E-state index contributed by atoms with van der Waals surface area (Å²) in [5.74, 6) is 0.343. The van der Waals surface area contributed by atoms with E-state index in [0.29, 0.717) is 29.2 Å². The Hall–Kier alpha value is -3.53. The van der Waals surface area contributed by atoms with Gasteiger partial charge >= 0.3 is 6.09 Å². The number of fused-ring (bicyclic) bond motifs is 1. The Morgan fingerprint density at radius 3 is 2.79 bits per heavy atom. The van der Waals surface area contributed by atoms with Crippen LogP contribution in [0.15, 0.2) is 42.5 Å². The van der Waals surface area contributed by atoms with Gasteiger partial charge in [-0.15, -0.1) is 0 Å². The number of carbonyl (C=O) groups is 2. The summed E-state index contributed by atoms with van der Waals surface area (Å²) in [7, 11) is 0. The molecule has 0 atom stereocenters. The van der Waals surface area contributed by atoms with E-state index in [1.165, 1.54) is 0 Å². The molecule has 0 aromatic heterocycles. The highest BCUT2D eigenvalue weighted by Crippen LogP contribution is 2.35. The van der Waals surface area contributed by atoms with Crippen LogP contribution in [0.1, 0.15) is 31.9 Å². The Morgan fingerprint density at radius 1 is 1.29 bits per heavy atom. The van der Waals surface area contributed by atoms with E-state index < -0.39 is 11.7 Å². The molecule has 0 bridgehead atoms. The van der Waals surface area contributed by atoms with Crippen LogP contribution in [0.3, 0.4) is 0 Å². The maximum atomic E-state index is 12.5. The van der Waals surface area contributed by atoms with Gasteiger partial charge in [-0.05, 0) is 56.7 Å². The maximum absolute atomic E-state index is 12.5. The first-order valence-electron chi connectivity index (χ1n) is 8.81. The Labute approximate surface area is 163 Å². The molecule has 1 aliphatic rings. The summed E-state index contributed by atoms with van der Waals surface area (Å²) < 4.78 is 10.8. The standard InChI is InChI=1S/C21H21N3O4/c1-21(2,3)28-20(26)23-16-7-8-18-17(10-16)24(19(25)13-27-18)12-15-6-4-5-14(9-15)11-22/h4-10H,12-13H2,1-3H3,(H,23,26). The number of benzene rings is 2. The van der Waals surface area contributed by atoms with Gasteiger partial charge in [0.15, 0.2) is 6.61 Å². The number of nitrogens with zero attached hydrogens (tertiary/aromatic N) is 2. The minimum atomic E-state index is -0.616. The normalized spacial score (nSPS) is 13.2. The highest BCUT2D eigenvalue weighted by atomic mass is 16.6. The molecule has 3 rings (SSSR count). The first-order valence-corrected chi connectivity index (χ1v) is 8.81. The van der Waals surface area contributed by atoms with E-state index in [1.54, 1.807) is 62.1 Å². The summed E-state index contributed by atoms with van der Waals surface area (Å²) in [5, 5.41) is 11.7. The molecule has 28 heavy (non-hydrogen) atoms. The number of ether oxygens (including phenoxy) is 2. The van der Waals surface area contributed by atoms with Gasteiger partial charge in [0.05, 0.1) is 23.9 Å². The maximum Gasteiger partial charge on any atom is 0.412 e. The lowest BCUT2D eigenvalue weighted by Crippen LogP contribution is -2.38. The zero-order valence-electron chi connectivity index (χ0n) is 16.0. The zero-order chi connectivity index (χ0) is 20.3. The Balaban J connectivity index is 1.85. The van der Waals surface area contributed by atoms with Crippen LogP contribution in [-0.2, 0) is 16.1 Å². The molecule has 0 unspecified atom stereocenters. The smallest absolute Gasteiger partial charge is 0.412 e. The third kappa shape index (κ3) is 4.60. The molecule has 2 aromatic rings. The van der Waals surface area contributed by atoms with Gasteiger partial charge in [0.25, 0.3) is 5.91 Å². The van der Waals surface area contributed by atoms with E-state index in [2.05, 4.69) is 11.4 Å². The van der Waals surface area contributed by atoms with E-state index in [-0.39, 0.29) is 12.5 Å². The first kappa shape index (κ1) is 19.2. The highest BCUT2D eigenvalue weighted by Gasteiger charge is 2.26. The topological polar surface area (TPSA) is 91.7 Å². The van der Waals surface area contributed by atoms with E-state index in [9.17, 15) is 9.59 Å². The van der Waals surface area contributed by atoms with Gasteiger partial charge in [-0.2, -0.15) is 5.26 Å². The second kappa shape index (κ2) is 7.61. The predicted molar refractivity (Wildman–Crippen MR) is 104 cm³/mol. The van der Waals surface area contributed by atoms with Crippen LogP contribution in [0.25, 0.3) is 0 Å². The molecular weight excluding hydrogens is 358 g/mol. The molecule has 0 saturated heterocycles. The van der Waals surface area contributed by atoms with Crippen molar-refractivity contribution in [3.8, 4) is 11.8 Å². The quantitative estimate of drug-likeness (QED) is 0.875. The molecule has 0 saturated carbocycles. The van der Waals surface area contributed by atoms with Gasteiger partial charge in [0.2, 0.25) is 0 Å². The largest absolute Gasteiger partial charge is 0.482 e. The summed E-state index contributed by atoms with van der Waals surface area (Å²) in [5.41, 5.74) is 1.77. The van der Waals surface area contributed by atoms with Crippen LogP contribution in [0.2, 0.25) is 0 Å². The number of nitriles is 1. The van der Waals surface area contributed by atoms with Gasteiger partial charge in [0.1, 0.15) is 11.4 Å². The van der Waals surface area contributed by atoms with Gasteiger partial charge in [-0.3, -0.25) is 10.1 Å². The molecule has 0 aliphatic carbocycles. The van der Waals surface area contributed by atoms with Crippen molar-refractivity contribution in [1.29, 1.82) is 5.26 Å². The second-order valence-corrected chi connectivity index (χ2v) is 7.39. The van der Waals surface area contributed by atoms with Gasteiger partial charge in [-0.25, -0.2) is 4.79 Å². The molecule has 1 aliphatic heterocycles. The molecule has 7 heteroatoms. The Morgan fingerprint density at radius 2 is 2.07 bits per heavy atom. The van der Waals surface area contributed by atoms with Gasteiger partial charge in [0, 0.05) is 5.69 Å². The van der Waals surface area contributed by atoms with Crippen molar-refractivity contribution in [2.45, 2.75) is 32.9 Å². The lowest BCUT2D eigenvalue weighted by atomic mass is 10.1. The molecule has 1 N–H and O–H groups in total. The van der Waals surface area contributed by atoms with Crippen molar-refractivity contribution in [2.24, 2.45) is 0 Å². The predicted octanol–water partition coefficient (Wildman–Crippen LogP) is 3.83. The fourth-order valence-electron chi connectivity index (χ4n) is 2.80. The van der Waals surface area contributed by atoms with Crippen molar-refractivity contribution in [3.63, 3.8) is 0 Å². The summed E-state index contributed by atoms with van der Waals surface area (Å²) in [6, 6.07) is 14.2. The van der Waals surface area contributed by atoms with E-state index in [4.69, 9.17) is 14.7 Å². The fraction of sp³-hybridized carbons (Fsp3) is 0.286. The van der Waals surface area contributed by atoms with Gasteiger partial charge in [-0.1, -0.05) is 12.1 Å². The molecule has 0 radical (unpaired) electrons. The van der Waals surface area contributed by atoms with Crippen LogP contribution >= 0.6 is 0 Å². The van der Waals surface area contributed by atoms with Crippen LogP contribution in [0, 0.1) is 11.3 Å². The van der Waals surface area contributed by atoms with Crippen LogP contribution in [-0.4, -0.2) is 24.2 Å². The summed E-state index contributed by atoms with van der Waals surface area (Å²) in [4.78, 5) is 26.1. The van der Waals surface area contributed by atoms with E-state index in [1.807, 2.05) is 6.07 Å². The average molecular weight is 379 g/mol. The van der Waals surface area contributed by atoms with Crippen molar-refractivity contribution in [1.82, 2.24) is 0 Å². The Bertz CT molecular complexity index is 957. The van der Waals surface area contributed by atoms with E-state index >= 15 is 0 Å². The molecule has 0 fully saturated rings. The van der Waals surface area contributed by atoms with Crippen LogP contribution in [0.5, 0.6) is 5.75 Å². The second-order valence-electron chi connectivity index (χ2n) is 7.39. The Kier molecular flexibility index (Phi) is 5.23. The third-order valence-corrected chi connectivity index (χ3v) is 3.94. The summed E-state index contributed by atoms with van der Waals surface area (Å²) >= 11 is 0. The molecule has 2 aromatic carbocycles. The molecule has 1 heterocycles. The third-order valence-electron chi connectivity index (χ3n) is 3.94. The SMILES string of the molecule is CC(C)(C)OC(=O)Nc1ccc2c(c1)N(Cc1cccc(C#N)c1)C(=O)CO2. The average Bonchev–Trinajstić information content (AvgIpc) is 2.63. The minimum absolute atomic E-state index is 0.0657.